The van der Waals surface area contributed by atoms with E-state index in [1.54, 1.807) is 0 Å². The van der Waals surface area contributed by atoms with Crippen molar-refractivity contribution < 1.29 is 0 Å². The molecule has 1 aliphatic heterocycles. The summed E-state index contributed by atoms with van der Waals surface area (Å²) in [5.41, 5.74) is 0. The first-order valence-electron chi connectivity index (χ1n) is 7.66. The van der Waals surface area contributed by atoms with Crippen molar-refractivity contribution in [3.8, 4) is 0 Å². The second kappa shape index (κ2) is 8.10. The third-order valence-corrected chi connectivity index (χ3v) is 4.45. The molecule has 17 heavy (non-hydrogen) atoms. The lowest BCUT2D eigenvalue weighted by molar-refractivity contribution is 0.130. The number of hydrogen-bond donors (Lipinski definition) is 1. The summed E-state index contributed by atoms with van der Waals surface area (Å²) in [5.74, 6) is 1.77. The average molecular weight is 240 g/mol. The van der Waals surface area contributed by atoms with Crippen LogP contribution in [-0.4, -0.2) is 37.1 Å². The zero-order valence-corrected chi connectivity index (χ0v) is 12.3. The lowest BCUT2D eigenvalue weighted by atomic mass is 9.90. The van der Waals surface area contributed by atoms with Crippen LogP contribution in [0.3, 0.4) is 0 Å². The minimum atomic E-state index is 0.685. The van der Waals surface area contributed by atoms with E-state index in [1.807, 2.05) is 0 Å². The number of hydrogen-bond acceptors (Lipinski definition) is 2. The summed E-state index contributed by atoms with van der Waals surface area (Å²) in [4.78, 5) is 2.71. The van der Waals surface area contributed by atoms with E-state index in [2.05, 4.69) is 37.9 Å². The van der Waals surface area contributed by atoms with E-state index in [1.165, 1.54) is 45.3 Å². The molecule has 0 spiro atoms. The van der Waals surface area contributed by atoms with Gasteiger partial charge in [-0.3, -0.25) is 0 Å². The van der Waals surface area contributed by atoms with E-state index < -0.39 is 0 Å². The van der Waals surface area contributed by atoms with Crippen LogP contribution in [0, 0.1) is 11.8 Å². The van der Waals surface area contributed by atoms with Gasteiger partial charge in [-0.05, 0) is 44.7 Å². The summed E-state index contributed by atoms with van der Waals surface area (Å²) in [5, 5.41) is 3.59. The standard InChI is InChI=1S/C15H32N2/c1-5-14(6-2)11-17-10-8-9-15(12-17)13(4)16-7-3/h13-16H,5-12H2,1-4H3. The van der Waals surface area contributed by atoms with Crippen molar-refractivity contribution in [3.05, 3.63) is 0 Å². The van der Waals surface area contributed by atoms with E-state index in [4.69, 9.17) is 0 Å². The molecule has 0 aromatic carbocycles. The highest BCUT2D eigenvalue weighted by Gasteiger charge is 2.24. The maximum atomic E-state index is 3.59. The van der Waals surface area contributed by atoms with Gasteiger partial charge in [0.15, 0.2) is 0 Å². The van der Waals surface area contributed by atoms with E-state index in [0.29, 0.717) is 6.04 Å². The highest BCUT2D eigenvalue weighted by molar-refractivity contribution is 4.81. The van der Waals surface area contributed by atoms with Gasteiger partial charge in [0.2, 0.25) is 0 Å². The molecule has 0 aliphatic carbocycles. The molecule has 2 heteroatoms. The van der Waals surface area contributed by atoms with E-state index in [-0.39, 0.29) is 0 Å². The number of nitrogens with one attached hydrogen (secondary N) is 1. The van der Waals surface area contributed by atoms with Crippen molar-refractivity contribution in [2.45, 2.75) is 59.4 Å². The Morgan fingerprint density at radius 3 is 2.53 bits per heavy atom. The van der Waals surface area contributed by atoms with Crippen molar-refractivity contribution in [1.29, 1.82) is 0 Å². The molecular weight excluding hydrogens is 208 g/mol. The van der Waals surface area contributed by atoms with Crippen LogP contribution < -0.4 is 5.32 Å². The molecule has 0 amide bonds. The van der Waals surface area contributed by atoms with Crippen molar-refractivity contribution in [3.63, 3.8) is 0 Å². The van der Waals surface area contributed by atoms with E-state index in [9.17, 15) is 0 Å². The highest BCUT2D eigenvalue weighted by Crippen LogP contribution is 2.21. The SMILES string of the molecule is CCNC(C)C1CCCN(CC(CC)CC)C1. The van der Waals surface area contributed by atoms with Gasteiger partial charge >= 0.3 is 0 Å². The molecule has 102 valence electrons. The lowest BCUT2D eigenvalue weighted by Gasteiger charge is -2.37. The molecule has 0 aromatic heterocycles. The number of likely N-dealkylation sites (tertiary alicyclic amines) is 1. The van der Waals surface area contributed by atoms with Crippen LogP contribution in [-0.2, 0) is 0 Å². The van der Waals surface area contributed by atoms with Crippen LogP contribution in [0.25, 0.3) is 0 Å². The summed E-state index contributed by atoms with van der Waals surface area (Å²) < 4.78 is 0. The molecule has 2 unspecified atom stereocenters. The first-order chi connectivity index (χ1) is 8.21. The molecule has 0 bridgehead atoms. The van der Waals surface area contributed by atoms with Crippen LogP contribution in [0.4, 0.5) is 0 Å². The monoisotopic (exact) mass is 240 g/mol. The summed E-state index contributed by atoms with van der Waals surface area (Å²) >= 11 is 0. The van der Waals surface area contributed by atoms with E-state index in [0.717, 1.165) is 18.4 Å². The molecule has 1 heterocycles. The summed E-state index contributed by atoms with van der Waals surface area (Å²) in [7, 11) is 0. The van der Waals surface area contributed by atoms with Gasteiger partial charge in [-0.2, -0.15) is 0 Å². The second-order valence-corrected chi connectivity index (χ2v) is 5.69. The number of piperidine rings is 1. The predicted octanol–water partition coefficient (Wildman–Crippen LogP) is 3.13. The maximum Gasteiger partial charge on any atom is 0.00791 e. The summed E-state index contributed by atoms with van der Waals surface area (Å²) in [6.45, 7) is 14.3. The quantitative estimate of drug-likeness (QED) is 0.735. The van der Waals surface area contributed by atoms with Crippen LogP contribution in [0.1, 0.15) is 53.4 Å². The van der Waals surface area contributed by atoms with Gasteiger partial charge in [-0.1, -0.05) is 33.6 Å². The van der Waals surface area contributed by atoms with Crippen LogP contribution in [0.2, 0.25) is 0 Å². The molecule has 0 radical (unpaired) electrons. The first kappa shape index (κ1) is 15.0. The van der Waals surface area contributed by atoms with Gasteiger partial charge < -0.3 is 10.2 Å². The zero-order chi connectivity index (χ0) is 12.7. The largest absolute Gasteiger partial charge is 0.314 e. The predicted molar refractivity (Wildman–Crippen MR) is 76.4 cm³/mol. The molecule has 1 saturated heterocycles. The number of rotatable bonds is 7. The zero-order valence-electron chi connectivity index (χ0n) is 12.3. The van der Waals surface area contributed by atoms with Gasteiger partial charge in [-0.25, -0.2) is 0 Å². The fraction of sp³-hybridized carbons (Fsp3) is 1.00. The van der Waals surface area contributed by atoms with Gasteiger partial charge in [-0.15, -0.1) is 0 Å². The minimum Gasteiger partial charge on any atom is -0.314 e. The molecule has 2 nitrogen and oxygen atoms in total. The molecule has 1 N–H and O–H groups in total. The Morgan fingerprint density at radius 2 is 1.94 bits per heavy atom. The number of nitrogens with zero attached hydrogens (tertiary/aromatic N) is 1. The third kappa shape index (κ3) is 4.97. The van der Waals surface area contributed by atoms with Crippen molar-refractivity contribution in [1.82, 2.24) is 10.2 Å². The Labute approximate surface area is 108 Å². The Balaban J connectivity index is 2.37. The van der Waals surface area contributed by atoms with Crippen molar-refractivity contribution in [2.24, 2.45) is 11.8 Å². The Hall–Kier alpha value is -0.0800. The fourth-order valence-corrected chi connectivity index (χ4v) is 3.07. The molecule has 1 fully saturated rings. The molecule has 2 atom stereocenters. The fourth-order valence-electron chi connectivity index (χ4n) is 3.07. The second-order valence-electron chi connectivity index (χ2n) is 5.69. The summed E-state index contributed by atoms with van der Waals surface area (Å²) in [6, 6.07) is 0.685. The van der Waals surface area contributed by atoms with E-state index >= 15 is 0 Å². The van der Waals surface area contributed by atoms with Crippen LogP contribution in [0.5, 0.6) is 0 Å². The normalized spacial score (nSPS) is 24.2. The van der Waals surface area contributed by atoms with Gasteiger partial charge in [0.25, 0.3) is 0 Å². The molecule has 0 aromatic rings. The highest BCUT2D eigenvalue weighted by atomic mass is 15.1. The van der Waals surface area contributed by atoms with Gasteiger partial charge in [0.1, 0.15) is 0 Å². The maximum absolute atomic E-state index is 3.59. The van der Waals surface area contributed by atoms with Crippen molar-refractivity contribution in [2.75, 3.05) is 26.2 Å². The minimum absolute atomic E-state index is 0.685. The van der Waals surface area contributed by atoms with Gasteiger partial charge in [0, 0.05) is 19.1 Å². The lowest BCUT2D eigenvalue weighted by Crippen LogP contribution is -2.45. The smallest absolute Gasteiger partial charge is 0.00791 e. The van der Waals surface area contributed by atoms with Crippen LogP contribution >= 0.6 is 0 Å². The summed E-state index contributed by atoms with van der Waals surface area (Å²) in [6.07, 6.45) is 5.47. The molecule has 0 saturated carbocycles. The van der Waals surface area contributed by atoms with Gasteiger partial charge in [0.05, 0.1) is 0 Å². The average Bonchev–Trinajstić information content (AvgIpc) is 2.36. The first-order valence-corrected chi connectivity index (χ1v) is 7.66. The van der Waals surface area contributed by atoms with Crippen molar-refractivity contribution >= 4 is 0 Å². The molecule has 1 aliphatic rings. The topological polar surface area (TPSA) is 15.3 Å². The van der Waals surface area contributed by atoms with Crippen LogP contribution in [0.15, 0.2) is 0 Å². The Bertz CT molecular complexity index is 189. The molecule has 1 rings (SSSR count). The Kier molecular flexibility index (Phi) is 7.14. The molecular formula is C15H32N2. The third-order valence-electron chi connectivity index (χ3n) is 4.45. The Morgan fingerprint density at radius 1 is 1.24 bits per heavy atom.